The van der Waals surface area contributed by atoms with E-state index in [2.05, 4.69) is 4.74 Å². The van der Waals surface area contributed by atoms with E-state index in [1.165, 1.54) is 6.92 Å². The molecule has 0 aromatic heterocycles. The van der Waals surface area contributed by atoms with Gasteiger partial charge in [0.05, 0.1) is 26.4 Å². The van der Waals surface area contributed by atoms with Crippen molar-refractivity contribution in [2.75, 3.05) is 26.4 Å². The van der Waals surface area contributed by atoms with Crippen LogP contribution in [0.4, 0.5) is 0 Å². The second-order valence-electron chi connectivity index (χ2n) is 3.87. The van der Waals surface area contributed by atoms with Crippen LogP contribution in [0, 0.1) is 0 Å². The normalized spacial score (nSPS) is 10.7. The highest BCUT2D eigenvalue weighted by atomic mass is 31.2. The van der Waals surface area contributed by atoms with Crippen LogP contribution in [0.5, 0.6) is 0 Å². The van der Waals surface area contributed by atoms with Crippen molar-refractivity contribution in [3.05, 3.63) is 0 Å². The molecule has 20 heavy (non-hydrogen) atoms. The molecule has 0 bridgehead atoms. The van der Waals surface area contributed by atoms with Crippen molar-refractivity contribution in [1.29, 1.82) is 0 Å². The van der Waals surface area contributed by atoms with Gasteiger partial charge < -0.3 is 4.74 Å². The maximum absolute atomic E-state index is 11.8. The van der Waals surface area contributed by atoms with E-state index >= 15 is 0 Å². The largest absolute Gasteiger partial charge is 0.474 e. The monoisotopic (exact) mass is 312 g/mol. The minimum Gasteiger partial charge on any atom is -0.466 e. The van der Waals surface area contributed by atoms with Crippen LogP contribution in [0.3, 0.4) is 0 Å². The summed E-state index contributed by atoms with van der Waals surface area (Å²) in [6.45, 7) is 10.7. The number of phosphoric ester groups is 1. The fraction of sp³-hybridized carbons (Fsp3) is 0.923. The average molecular weight is 312 g/mol. The summed E-state index contributed by atoms with van der Waals surface area (Å²) in [5.74, 6) is -0.211. The Morgan fingerprint density at radius 3 is 1.35 bits per heavy atom. The van der Waals surface area contributed by atoms with E-state index in [9.17, 15) is 9.36 Å². The second-order valence-corrected chi connectivity index (χ2v) is 5.54. The summed E-state index contributed by atoms with van der Waals surface area (Å²) in [5.41, 5.74) is 0. The molecule has 0 spiro atoms. The summed E-state index contributed by atoms with van der Waals surface area (Å²) < 4.78 is 31.5. The van der Waals surface area contributed by atoms with E-state index in [1.807, 2.05) is 20.8 Å². The summed E-state index contributed by atoms with van der Waals surface area (Å²) in [6, 6.07) is 0. The van der Waals surface area contributed by atoms with E-state index in [0.29, 0.717) is 26.4 Å². The third-order valence-corrected chi connectivity index (χ3v) is 3.20. The summed E-state index contributed by atoms with van der Waals surface area (Å²) >= 11 is 0. The lowest BCUT2D eigenvalue weighted by Crippen LogP contribution is -2.02. The molecule has 0 radical (unpaired) electrons. The Morgan fingerprint density at radius 2 is 1.20 bits per heavy atom. The van der Waals surface area contributed by atoms with Crippen molar-refractivity contribution < 1.29 is 27.7 Å². The lowest BCUT2D eigenvalue weighted by atomic mass is 10.5. The molecule has 0 saturated heterocycles. The highest BCUT2D eigenvalue weighted by Gasteiger charge is 2.25. The molecule has 0 aliphatic heterocycles. The number of hydrogen-bond acceptors (Lipinski definition) is 6. The predicted octanol–water partition coefficient (Wildman–Crippen LogP) is 3.94. The summed E-state index contributed by atoms with van der Waals surface area (Å²) in [7, 11) is -3.27. The molecule has 0 aromatic carbocycles. The smallest absolute Gasteiger partial charge is 0.466 e. The van der Waals surface area contributed by atoms with Crippen molar-refractivity contribution in [3.8, 4) is 0 Å². The molecule has 0 aliphatic rings. The van der Waals surface area contributed by atoms with E-state index in [-0.39, 0.29) is 5.97 Å². The number of ether oxygens (including phenoxy) is 1. The van der Waals surface area contributed by atoms with Crippen molar-refractivity contribution >= 4 is 13.8 Å². The predicted molar refractivity (Wildman–Crippen MR) is 78.6 cm³/mol. The lowest BCUT2D eigenvalue weighted by molar-refractivity contribution is -0.140. The fourth-order valence-corrected chi connectivity index (χ4v) is 2.37. The van der Waals surface area contributed by atoms with E-state index < -0.39 is 7.82 Å². The van der Waals surface area contributed by atoms with Gasteiger partial charge >= 0.3 is 13.8 Å². The van der Waals surface area contributed by atoms with Gasteiger partial charge in [0.2, 0.25) is 0 Å². The summed E-state index contributed by atoms with van der Waals surface area (Å²) in [6.07, 6.45) is 2.40. The zero-order chi connectivity index (χ0) is 15.9. The van der Waals surface area contributed by atoms with Gasteiger partial charge in [0, 0.05) is 6.92 Å². The fourth-order valence-electron chi connectivity index (χ4n) is 0.924. The Labute approximate surface area is 122 Å². The molecule has 0 aliphatic carbocycles. The SMILES string of the molecule is CCCOP(=O)(OCCC)OCCC.CCOC(C)=O. The first-order valence-electron chi connectivity index (χ1n) is 7.12. The second kappa shape index (κ2) is 15.0. The van der Waals surface area contributed by atoms with E-state index in [0.717, 1.165) is 19.3 Å². The van der Waals surface area contributed by atoms with Crippen LogP contribution in [0.25, 0.3) is 0 Å². The van der Waals surface area contributed by atoms with Crippen LogP contribution in [0.1, 0.15) is 53.9 Å². The Balaban J connectivity index is 0. The Bertz CT molecular complexity index is 241. The van der Waals surface area contributed by atoms with Crippen molar-refractivity contribution in [3.63, 3.8) is 0 Å². The molecule has 0 heterocycles. The summed E-state index contributed by atoms with van der Waals surface area (Å²) in [4.78, 5) is 9.82. The maximum atomic E-state index is 11.8. The first-order valence-corrected chi connectivity index (χ1v) is 8.58. The minimum absolute atomic E-state index is 0.211. The molecular weight excluding hydrogens is 283 g/mol. The van der Waals surface area contributed by atoms with Crippen LogP contribution in [-0.2, 0) is 27.7 Å². The zero-order valence-corrected chi connectivity index (χ0v) is 14.2. The molecule has 0 amide bonds. The Hall–Kier alpha value is -0.420. The van der Waals surface area contributed by atoms with Gasteiger partial charge in [0.1, 0.15) is 0 Å². The topological polar surface area (TPSA) is 71.1 Å². The molecule has 0 saturated carbocycles. The van der Waals surface area contributed by atoms with E-state index in [4.69, 9.17) is 13.6 Å². The van der Waals surface area contributed by atoms with Gasteiger partial charge in [-0.3, -0.25) is 18.4 Å². The standard InChI is InChI=1S/C9H21O4P.C4H8O2/c1-4-7-11-14(10,12-8-5-2)13-9-6-3;1-3-6-4(2)5/h4-9H2,1-3H3;3H2,1-2H3. The van der Waals surface area contributed by atoms with Gasteiger partial charge in [-0.05, 0) is 26.2 Å². The highest BCUT2D eigenvalue weighted by Crippen LogP contribution is 2.49. The van der Waals surface area contributed by atoms with Gasteiger partial charge in [0.15, 0.2) is 0 Å². The minimum atomic E-state index is -3.27. The van der Waals surface area contributed by atoms with Crippen LogP contribution in [0.2, 0.25) is 0 Å². The van der Waals surface area contributed by atoms with Gasteiger partial charge in [0.25, 0.3) is 0 Å². The molecule has 0 unspecified atom stereocenters. The van der Waals surface area contributed by atoms with Crippen molar-refractivity contribution in [2.45, 2.75) is 53.9 Å². The number of hydrogen-bond donors (Lipinski definition) is 0. The first kappa shape index (κ1) is 21.9. The molecule has 0 aromatic rings. The van der Waals surface area contributed by atoms with Crippen LogP contribution in [-0.4, -0.2) is 32.4 Å². The molecule has 0 fully saturated rings. The summed E-state index contributed by atoms with van der Waals surface area (Å²) in [5, 5.41) is 0. The van der Waals surface area contributed by atoms with Gasteiger partial charge in [-0.2, -0.15) is 0 Å². The Morgan fingerprint density at radius 1 is 0.850 bits per heavy atom. The number of carbonyl (C=O) groups excluding carboxylic acids is 1. The van der Waals surface area contributed by atoms with Crippen LogP contribution < -0.4 is 0 Å². The molecule has 7 heteroatoms. The third-order valence-electron chi connectivity index (χ3n) is 1.71. The Kier molecular flexibility index (Phi) is 16.4. The maximum Gasteiger partial charge on any atom is 0.474 e. The number of carbonyl (C=O) groups is 1. The molecular formula is C13H29O6P. The van der Waals surface area contributed by atoms with Gasteiger partial charge in [-0.15, -0.1) is 0 Å². The highest BCUT2D eigenvalue weighted by molar-refractivity contribution is 7.48. The van der Waals surface area contributed by atoms with E-state index in [1.54, 1.807) is 6.92 Å². The molecule has 6 nitrogen and oxygen atoms in total. The van der Waals surface area contributed by atoms with Gasteiger partial charge in [-0.25, -0.2) is 4.57 Å². The van der Waals surface area contributed by atoms with Crippen molar-refractivity contribution in [2.24, 2.45) is 0 Å². The van der Waals surface area contributed by atoms with Gasteiger partial charge in [-0.1, -0.05) is 20.8 Å². The van der Waals surface area contributed by atoms with Crippen LogP contribution in [0.15, 0.2) is 0 Å². The average Bonchev–Trinajstić information content (AvgIpc) is 2.41. The van der Waals surface area contributed by atoms with Crippen molar-refractivity contribution in [1.82, 2.24) is 0 Å². The third kappa shape index (κ3) is 15.6. The number of rotatable bonds is 10. The molecule has 122 valence electrons. The quantitative estimate of drug-likeness (QED) is 0.449. The molecule has 0 rings (SSSR count). The van der Waals surface area contributed by atoms with Crippen LogP contribution >= 0.6 is 7.82 Å². The molecule has 0 N–H and O–H groups in total. The first-order chi connectivity index (χ1) is 9.45. The molecule has 0 atom stereocenters. The number of phosphoric acid groups is 1. The number of esters is 1. The zero-order valence-electron chi connectivity index (χ0n) is 13.3. The lowest BCUT2D eigenvalue weighted by Gasteiger charge is -2.16.